The number of aromatic nitrogens is 2. The summed E-state index contributed by atoms with van der Waals surface area (Å²) in [6.07, 6.45) is -3.10. The number of nitrogens with one attached hydrogen (secondary N) is 1. The van der Waals surface area contributed by atoms with Gasteiger partial charge in [-0.25, -0.2) is 4.98 Å². The molecule has 23 heavy (non-hydrogen) atoms. The van der Waals surface area contributed by atoms with Crippen molar-refractivity contribution in [2.75, 3.05) is 6.54 Å². The van der Waals surface area contributed by atoms with E-state index in [1.54, 1.807) is 24.3 Å². The van der Waals surface area contributed by atoms with Crippen LogP contribution in [0.25, 0.3) is 11.0 Å². The molecule has 0 saturated heterocycles. The molecule has 0 radical (unpaired) electrons. The Balaban J connectivity index is 2.17. The molecule has 1 amide bonds. The Hall–Kier alpha value is -2.05. The lowest BCUT2D eigenvalue weighted by Crippen LogP contribution is -2.33. The highest BCUT2D eigenvalue weighted by atomic mass is 19.4. The molecule has 0 fully saturated rings. The first-order chi connectivity index (χ1) is 10.9. The molecule has 1 N–H and O–H groups in total. The zero-order valence-electron chi connectivity index (χ0n) is 13.2. The first-order valence-electron chi connectivity index (χ1n) is 7.68. The van der Waals surface area contributed by atoms with Gasteiger partial charge in [-0.1, -0.05) is 26.0 Å². The minimum atomic E-state index is -4.53. The van der Waals surface area contributed by atoms with Crippen LogP contribution in [0, 0.1) is 5.92 Å². The van der Waals surface area contributed by atoms with E-state index in [9.17, 15) is 18.0 Å². The molecule has 7 heteroatoms. The van der Waals surface area contributed by atoms with Gasteiger partial charge in [-0.3, -0.25) is 4.79 Å². The maximum atomic E-state index is 13.1. The number of nitrogens with zero attached hydrogens (tertiary/aromatic N) is 2. The topological polar surface area (TPSA) is 46.9 Å². The fraction of sp³-hybridized carbons (Fsp3) is 0.500. The summed E-state index contributed by atoms with van der Waals surface area (Å²) in [6.45, 7) is 4.00. The van der Waals surface area contributed by atoms with Gasteiger partial charge in [0, 0.05) is 19.0 Å². The van der Waals surface area contributed by atoms with E-state index in [-0.39, 0.29) is 24.9 Å². The smallest absolute Gasteiger partial charge is 0.354 e. The van der Waals surface area contributed by atoms with E-state index in [1.165, 1.54) is 0 Å². The van der Waals surface area contributed by atoms with Crippen LogP contribution >= 0.6 is 0 Å². The summed E-state index contributed by atoms with van der Waals surface area (Å²) in [5.74, 6) is -1.15. The van der Waals surface area contributed by atoms with Gasteiger partial charge in [-0.15, -0.1) is 0 Å². The Morgan fingerprint density at radius 1 is 1.26 bits per heavy atom. The van der Waals surface area contributed by atoms with Crippen molar-refractivity contribution in [1.29, 1.82) is 0 Å². The van der Waals surface area contributed by atoms with Crippen LogP contribution in [0.5, 0.6) is 0 Å². The van der Waals surface area contributed by atoms with Gasteiger partial charge >= 0.3 is 6.18 Å². The normalized spacial score (nSPS) is 12.1. The molecule has 2 rings (SSSR count). The number of rotatable bonds is 6. The molecule has 1 heterocycles. The van der Waals surface area contributed by atoms with Gasteiger partial charge in [0.25, 0.3) is 0 Å². The predicted molar refractivity (Wildman–Crippen MR) is 81.8 cm³/mol. The van der Waals surface area contributed by atoms with E-state index < -0.39 is 12.0 Å². The SMILES string of the molecule is CCC(CC)C(=O)NCCn1c(C(F)(F)F)nc2ccccc21. The number of hydrogen-bond donors (Lipinski definition) is 1. The number of amides is 1. The molecule has 1 aromatic carbocycles. The van der Waals surface area contributed by atoms with Crippen molar-refractivity contribution in [3.8, 4) is 0 Å². The average molecular weight is 327 g/mol. The quantitative estimate of drug-likeness (QED) is 0.881. The summed E-state index contributed by atoms with van der Waals surface area (Å²) in [4.78, 5) is 15.6. The standard InChI is InChI=1S/C16H20F3N3O/c1-3-11(4-2)14(23)20-9-10-22-13-8-6-5-7-12(13)21-15(22)16(17,18)19/h5-8,11H,3-4,9-10H2,1-2H3,(H,20,23). The molecule has 4 nitrogen and oxygen atoms in total. The Morgan fingerprint density at radius 3 is 2.52 bits per heavy atom. The molecule has 0 bridgehead atoms. The number of hydrogen-bond acceptors (Lipinski definition) is 2. The highest BCUT2D eigenvalue weighted by Gasteiger charge is 2.37. The first-order valence-corrected chi connectivity index (χ1v) is 7.68. The van der Waals surface area contributed by atoms with E-state index in [1.807, 2.05) is 13.8 Å². The van der Waals surface area contributed by atoms with E-state index in [0.29, 0.717) is 23.9 Å². The summed E-state index contributed by atoms with van der Waals surface area (Å²) >= 11 is 0. The van der Waals surface area contributed by atoms with Gasteiger partial charge < -0.3 is 9.88 Å². The van der Waals surface area contributed by atoms with Crippen LogP contribution in [-0.4, -0.2) is 22.0 Å². The fourth-order valence-electron chi connectivity index (χ4n) is 2.61. The van der Waals surface area contributed by atoms with Crippen LogP contribution in [0.15, 0.2) is 24.3 Å². The maximum absolute atomic E-state index is 13.1. The molecule has 0 aliphatic heterocycles. The number of carbonyl (C=O) groups excluding carboxylic acids is 1. The molecule has 0 spiro atoms. The third-order valence-electron chi connectivity index (χ3n) is 3.90. The van der Waals surface area contributed by atoms with Gasteiger partial charge in [-0.2, -0.15) is 13.2 Å². The van der Waals surface area contributed by atoms with Crippen molar-refractivity contribution in [3.63, 3.8) is 0 Å². The van der Waals surface area contributed by atoms with Crippen LogP contribution in [0.3, 0.4) is 0 Å². The van der Waals surface area contributed by atoms with E-state index in [2.05, 4.69) is 10.3 Å². The van der Waals surface area contributed by atoms with Crippen molar-refractivity contribution >= 4 is 16.9 Å². The Bertz CT molecular complexity index is 675. The van der Waals surface area contributed by atoms with Crippen LogP contribution < -0.4 is 5.32 Å². The number of para-hydroxylation sites is 2. The zero-order valence-corrected chi connectivity index (χ0v) is 13.2. The summed E-state index contributed by atoms with van der Waals surface area (Å²) in [5, 5.41) is 2.71. The monoisotopic (exact) mass is 327 g/mol. The minimum Gasteiger partial charge on any atom is -0.354 e. The molecular weight excluding hydrogens is 307 g/mol. The van der Waals surface area contributed by atoms with Crippen molar-refractivity contribution < 1.29 is 18.0 Å². The third kappa shape index (κ3) is 3.83. The lowest BCUT2D eigenvalue weighted by Gasteiger charge is -2.15. The second kappa shape index (κ2) is 7.02. The van der Waals surface area contributed by atoms with Gasteiger partial charge in [0.2, 0.25) is 11.7 Å². The zero-order chi connectivity index (χ0) is 17.0. The molecule has 1 aromatic heterocycles. The van der Waals surface area contributed by atoms with Crippen molar-refractivity contribution in [2.24, 2.45) is 5.92 Å². The van der Waals surface area contributed by atoms with Crippen molar-refractivity contribution in [1.82, 2.24) is 14.9 Å². The predicted octanol–water partition coefficient (Wildman–Crippen LogP) is 3.61. The summed E-state index contributed by atoms with van der Waals surface area (Å²) < 4.78 is 40.5. The summed E-state index contributed by atoms with van der Waals surface area (Å²) in [5.41, 5.74) is 0.711. The van der Waals surface area contributed by atoms with Crippen molar-refractivity contribution in [3.05, 3.63) is 30.1 Å². The molecule has 2 aromatic rings. The second-order valence-electron chi connectivity index (χ2n) is 5.38. The van der Waals surface area contributed by atoms with Crippen LogP contribution in [0.2, 0.25) is 0 Å². The van der Waals surface area contributed by atoms with E-state index in [0.717, 1.165) is 4.57 Å². The van der Waals surface area contributed by atoms with Crippen molar-refractivity contribution in [2.45, 2.75) is 39.4 Å². The fourth-order valence-corrected chi connectivity index (χ4v) is 2.61. The lowest BCUT2D eigenvalue weighted by molar-refractivity contribution is -0.146. The average Bonchev–Trinajstić information content (AvgIpc) is 2.88. The third-order valence-corrected chi connectivity index (χ3v) is 3.90. The second-order valence-corrected chi connectivity index (χ2v) is 5.38. The molecule has 0 aliphatic carbocycles. The van der Waals surface area contributed by atoms with Gasteiger partial charge in [0.1, 0.15) is 0 Å². The molecule has 0 unspecified atom stereocenters. The van der Waals surface area contributed by atoms with Crippen LogP contribution in [0.1, 0.15) is 32.5 Å². The van der Waals surface area contributed by atoms with Crippen LogP contribution in [0.4, 0.5) is 13.2 Å². The number of halogens is 3. The van der Waals surface area contributed by atoms with Crippen LogP contribution in [-0.2, 0) is 17.5 Å². The maximum Gasteiger partial charge on any atom is 0.449 e. The highest BCUT2D eigenvalue weighted by molar-refractivity contribution is 5.78. The molecule has 126 valence electrons. The molecule has 0 atom stereocenters. The minimum absolute atomic E-state index is 0.0290. The number of alkyl halides is 3. The Labute approximate surface area is 132 Å². The molecule has 0 aliphatic rings. The number of benzene rings is 1. The summed E-state index contributed by atoms with van der Waals surface area (Å²) in [7, 11) is 0. The first kappa shape index (κ1) is 17.3. The Morgan fingerprint density at radius 2 is 1.91 bits per heavy atom. The molecule has 0 saturated carbocycles. The number of carbonyl (C=O) groups is 1. The largest absolute Gasteiger partial charge is 0.449 e. The van der Waals surface area contributed by atoms with E-state index in [4.69, 9.17) is 0 Å². The highest BCUT2D eigenvalue weighted by Crippen LogP contribution is 2.31. The lowest BCUT2D eigenvalue weighted by atomic mass is 10.0. The van der Waals surface area contributed by atoms with E-state index >= 15 is 0 Å². The number of imidazole rings is 1. The summed E-state index contributed by atoms with van der Waals surface area (Å²) in [6, 6.07) is 6.46. The van der Waals surface area contributed by atoms with Gasteiger partial charge in [0.15, 0.2) is 0 Å². The molecular formula is C16H20F3N3O. The number of fused-ring (bicyclic) bond motifs is 1. The Kier molecular flexibility index (Phi) is 5.28. The van der Waals surface area contributed by atoms with Gasteiger partial charge in [0.05, 0.1) is 11.0 Å². The van der Waals surface area contributed by atoms with Gasteiger partial charge in [-0.05, 0) is 25.0 Å².